The molecule has 0 fully saturated rings. The molecule has 1 aromatic carbocycles. The van der Waals surface area contributed by atoms with Crippen molar-refractivity contribution in [2.24, 2.45) is 0 Å². The van der Waals surface area contributed by atoms with Crippen molar-refractivity contribution in [3.63, 3.8) is 0 Å². The Bertz CT molecular complexity index is 845. The molecule has 7 heteroatoms. The average molecular weight is 357 g/mol. The summed E-state index contributed by atoms with van der Waals surface area (Å²) in [5, 5.41) is 14.7. The second-order valence-electron chi connectivity index (χ2n) is 4.56. The van der Waals surface area contributed by atoms with Crippen LogP contribution in [0.5, 0.6) is 0 Å². The lowest BCUT2D eigenvalue weighted by Gasteiger charge is -2.03. The molecule has 2 heterocycles. The Morgan fingerprint density at radius 1 is 1.25 bits per heavy atom. The first-order chi connectivity index (χ1) is 11.6. The number of halogens is 1. The molecule has 0 aliphatic heterocycles. The largest absolute Gasteiger partial charge is 0.325 e. The first kappa shape index (κ1) is 17.6. The number of aromatic nitrogens is 2. The van der Waals surface area contributed by atoms with Crippen molar-refractivity contribution in [1.29, 1.82) is 5.26 Å². The van der Waals surface area contributed by atoms with Gasteiger partial charge in [0.15, 0.2) is 0 Å². The van der Waals surface area contributed by atoms with E-state index in [4.69, 9.17) is 16.9 Å². The first-order valence-electron chi connectivity index (χ1n) is 6.87. The van der Waals surface area contributed by atoms with Crippen molar-refractivity contribution in [2.45, 2.75) is 6.92 Å². The molecule has 0 atom stereocenters. The molecule has 2 aromatic heterocycles. The summed E-state index contributed by atoms with van der Waals surface area (Å²) >= 11 is 7.31. The third kappa shape index (κ3) is 5.16. The van der Waals surface area contributed by atoms with Gasteiger partial charge in [0.25, 0.3) is 0 Å². The Labute approximate surface area is 148 Å². The highest BCUT2D eigenvalue weighted by Gasteiger charge is 2.03. The van der Waals surface area contributed by atoms with Gasteiger partial charge in [-0.05, 0) is 30.3 Å². The number of anilines is 1. The number of carbonyl (C=O) groups excluding carboxylic acids is 1. The SMILES string of the molecule is CC(=O)Nc1ccc(Cl)cc1C#N.c1cc(-c2nccs2)ccn1. The van der Waals surface area contributed by atoms with E-state index in [0.717, 1.165) is 10.6 Å². The van der Waals surface area contributed by atoms with E-state index in [1.165, 1.54) is 13.0 Å². The second kappa shape index (κ2) is 8.77. The number of nitriles is 1. The van der Waals surface area contributed by atoms with Gasteiger partial charge in [0.05, 0.1) is 11.3 Å². The highest BCUT2D eigenvalue weighted by Crippen LogP contribution is 2.20. The number of carbonyl (C=O) groups is 1. The molecule has 0 bridgehead atoms. The molecule has 0 saturated carbocycles. The predicted octanol–water partition coefficient (Wildman–Crippen LogP) is 4.38. The molecule has 0 aliphatic rings. The lowest BCUT2D eigenvalue weighted by atomic mass is 10.2. The van der Waals surface area contributed by atoms with E-state index in [2.05, 4.69) is 15.3 Å². The number of hydrogen-bond donors (Lipinski definition) is 1. The fraction of sp³-hybridized carbons (Fsp3) is 0.0588. The number of amides is 1. The summed E-state index contributed by atoms with van der Waals surface area (Å²) in [6.07, 6.45) is 5.36. The zero-order valence-corrected chi connectivity index (χ0v) is 14.3. The standard InChI is InChI=1S/C9H7ClN2O.C8H6N2S/c1-6(13)12-9-3-2-8(10)4-7(9)5-11;1-3-9-4-2-7(1)8-10-5-6-11-8/h2-4H,1H3,(H,12,13);1-6H. The van der Waals surface area contributed by atoms with E-state index < -0.39 is 0 Å². The van der Waals surface area contributed by atoms with Gasteiger partial charge >= 0.3 is 0 Å². The number of nitrogens with zero attached hydrogens (tertiary/aromatic N) is 3. The van der Waals surface area contributed by atoms with Crippen LogP contribution in [0.2, 0.25) is 5.02 Å². The first-order valence-corrected chi connectivity index (χ1v) is 8.13. The summed E-state index contributed by atoms with van der Waals surface area (Å²) in [5.74, 6) is -0.209. The van der Waals surface area contributed by atoms with Crippen molar-refractivity contribution in [3.8, 4) is 16.6 Å². The zero-order chi connectivity index (χ0) is 17.4. The average Bonchev–Trinajstić information content (AvgIpc) is 3.12. The minimum Gasteiger partial charge on any atom is -0.325 e. The van der Waals surface area contributed by atoms with E-state index >= 15 is 0 Å². The topological polar surface area (TPSA) is 78.7 Å². The number of benzene rings is 1. The Balaban J connectivity index is 0.000000175. The van der Waals surface area contributed by atoms with Gasteiger partial charge in [0.1, 0.15) is 11.1 Å². The molecule has 3 rings (SSSR count). The molecule has 24 heavy (non-hydrogen) atoms. The van der Waals surface area contributed by atoms with Gasteiger partial charge in [-0.2, -0.15) is 5.26 Å². The van der Waals surface area contributed by atoms with E-state index in [0.29, 0.717) is 16.3 Å². The van der Waals surface area contributed by atoms with Crippen LogP contribution >= 0.6 is 22.9 Å². The van der Waals surface area contributed by atoms with Crippen LogP contribution in [0.25, 0.3) is 10.6 Å². The summed E-state index contributed by atoms with van der Waals surface area (Å²) in [5.41, 5.74) is 1.98. The Hall–Kier alpha value is -2.75. The molecule has 1 N–H and O–H groups in total. The highest BCUT2D eigenvalue weighted by molar-refractivity contribution is 7.13. The quantitative estimate of drug-likeness (QED) is 0.739. The van der Waals surface area contributed by atoms with Gasteiger partial charge in [-0.1, -0.05) is 11.6 Å². The zero-order valence-electron chi connectivity index (χ0n) is 12.7. The van der Waals surface area contributed by atoms with Crippen LogP contribution in [0.4, 0.5) is 5.69 Å². The van der Waals surface area contributed by atoms with Gasteiger partial charge < -0.3 is 5.32 Å². The summed E-state index contributed by atoms with van der Waals surface area (Å²) in [7, 11) is 0. The number of pyridine rings is 1. The molecule has 3 aromatic rings. The van der Waals surface area contributed by atoms with Crippen molar-refractivity contribution in [2.75, 3.05) is 5.32 Å². The number of rotatable bonds is 2. The Morgan fingerprint density at radius 2 is 2.00 bits per heavy atom. The van der Waals surface area contributed by atoms with E-state index in [1.54, 1.807) is 42.1 Å². The number of hydrogen-bond acceptors (Lipinski definition) is 5. The maximum atomic E-state index is 10.7. The van der Waals surface area contributed by atoms with Crippen LogP contribution < -0.4 is 5.32 Å². The smallest absolute Gasteiger partial charge is 0.221 e. The molecule has 0 radical (unpaired) electrons. The fourth-order valence-electron chi connectivity index (χ4n) is 1.77. The summed E-state index contributed by atoms with van der Waals surface area (Å²) < 4.78 is 0. The molecular formula is C17H13ClN4OS. The van der Waals surface area contributed by atoms with E-state index in [9.17, 15) is 4.79 Å². The number of thiazole rings is 1. The molecule has 5 nitrogen and oxygen atoms in total. The fourth-order valence-corrected chi connectivity index (χ4v) is 2.58. The van der Waals surface area contributed by atoms with Gasteiger partial charge in [0, 0.05) is 41.5 Å². The lowest BCUT2D eigenvalue weighted by molar-refractivity contribution is -0.114. The van der Waals surface area contributed by atoms with Crippen molar-refractivity contribution >= 4 is 34.5 Å². The van der Waals surface area contributed by atoms with E-state index in [-0.39, 0.29) is 5.91 Å². The van der Waals surface area contributed by atoms with Crippen LogP contribution in [0.15, 0.2) is 54.3 Å². The van der Waals surface area contributed by atoms with Gasteiger partial charge in [0.2, 0.25) is 5.91 Å². The van der Waals surface area contributed by atoms with Gasteiger partial charge in [-0.15, -0.1) is 11.3 Å². The van der Waals surface area contributed by atoms with Crippen LogP contribution in [0.1, 0.15) is 12.5 Å². The van der Waals surface area contributed by atoms with Crippen LogP contribution in [0.3, 0.4) is 0 Å². The maximum Gasteiger partial charge on any atom is 0.221 e. The maximum absolute atomic E-state index is 10.7. The van der Waals surface area contributed by atoms with Crippen molar-refractivity contribution in [3.05, 3.63) is 64.9 Å². The third-order valence-electron chi connectivity index (χ3n) is 2.77. The number of nitrogens with one attached hydrogen (secondary N) is 1. The lowest BCUT2D eigenvalue weighted by Crippen LogP contribution is -2.06. The molecule has 0 saturated heterocycles. The molecule has 0 spiro atoms. The summed E-state index contributed by atoms with van der Waals surface area (Å²) in [4.78, 5) is 18.8. The van der Waals surface area contributed by atoms with E-state index in [1.807, 2.05) is 23.6 Å². The van der Waals surface area contributed by atoms with Crippen LogP contribution in [0, 0.1) is 11.3 Å². The summed E-state index contributed by atoms with van der Waals surface area (Å²) in [6, 6.07) is 10.6. The molecule has 120 valence electrons. The minimum atomic E-state index is -0.209. The monoisotopic (exact) mass is 356 g/mol. The molecule has 0 unspecified atom stereocenters. The van der Waals surface area contributed by atoms with Crippen molar-refractivity contribution < 1.29 is 4.79 Å². The minimum absolute atomic E-state index is 0.209. The molecule has 1 amide bonds. The van der Waals surface area contributed by atoms with Crippen LogP contribution in [-0.2, 0) is 4.79 Å². The van der Waals surface area contributed by atoms with Gasteiger partial charge in [-0.3, -0.25) is 9.78 Å². The predicted molar refractivity (Wildman–Crippen MR) is 95.8 cm³/mol. The third-order valence-corrected chi connectivity index (χ3v) is 3.83. The molecular weight excluding hydrogens is 344 g/mol. The Kier molecular flexibility index (Phi) is 6.43. The highest BCUT2D eigenvalue weighted by atomic mass is 35.5. The van der Waals surface area contributed by atoms with Crippen molar-refractivity contribution in [1.82, 2.24) is 9.97 Å². The van der Waals surface area contributed by atoms with Crippen LogP contribution in [-0.4, -0.2) is 15.9 Å². The second-order valence-corrected chi connectivity index (χ2v) is 5.89. The Morgan fingerprint density at radius 3 is 2.58 bits per heavy atom. The normalized spacial score (nSPS) is 9.38. The van der Waals surface area contributed by atoms with Gasteiger partial charge in [-0.25, -0.2) is 4.98 Å². The summed E-state index contributed by atoms with van der Waals surface area (Å²) in [6.45, 7) is 1.38. The molecule has 0 aliphatic carbocycles.